The number of nitrogen functional groups attached to an aromatic ring is 1. The molecule has 0 atom stereocenters. The maximum atomic E-state index is 12.1. The third-order valence-electron chi connectivity index (χ3n) is 2.98. The van der Waals surface area contributed by atoms with E-state index in [1.165, 1.54) is 6.21 Å². The quantitative estimate of drug-likeness (QED) is 0.477. The molecule has 0 bridgehead atoms. The van der Waals surface area contributed by atoms with Crippen LogP contribution < -0.4 is 16.1 Å². The smallest absolute Gasteiger partial charge is 0.337 e. The van der Waals surface area contributed by atoms with Crippen LogP contribution in [-0.4, -0.2) is 12.1 Å². The fourth-order valence-electron chi connectivity index (χ4n) is 1.82. The SMILES string of the molecule is CC(/C=N/NC(=O)c1[nH+]c(Cl)c(Cl)c(N)c1Cl)=C\c1ccccc1. The van der Waals surface area contributed by atoms with Crippen molar-refractivity contribution in [3.63, 3.8) is 0 Å². The first-order valence-electron chi connectivity index (χ1n) is 6.82. The minimum absolute atomic E-state index is 0.0198. The highest BCUT2D eigenvalue weighted by Gasteiger charge is 2.25. The van der Waals surface area contributed by atoms with Crippen molar-refractivity contribution in [3.05, 3.63) is 62.4 Å². The maximum Gasteiger partial charge on any atom is 0.337 e. The van der Waals surface area contributed by atoms with Crippen molar-refractivity contribution < 1.29 is 9.78 Å². The van der Waals surface area contributed by atoms with Gasteiger partial charge < -0.3 is 5.73 Å². The van der Waals surface area contributed by atoms with Crippen molar-refractivity contribution in [1.29, 1.82) is 0 Å². The van der Waals surface area contributed by atoms with Crippen LogP contribution in [0.2, 0.25) is 15.2 Å². The Labute approximate surface area is 154 Å². The molecule has 8 heteroatoms. The van der Waals surface area contributed by atoms with Crippen LogP contribution in [-0.2, 0) is 0 Å². The Morgan fingerprint density at radius 3 is 2.54 bits per heavy atom. The summed E-state index contributed by atoms with van der Waals surface area (Å²) in [5.41, 5.74) is 9.92. The van der Waals surface area contributed by atoms with Gasteiger partial charge in [-0.1, -0.05) is 59.6 Å². The Balaban J connectivity index is 2.10. The molecule has 2 rings (SSSR count). The highest BCUT2D eigenvalue weighted by Crippen LogP contribution is 2.31. The summed E-state index contributed by atoms with van der Waals surface area (Å²) in [7, 11) is 0. The second-order valence-electron chi connectivity index (χ2n) is 4.85. The van der Waals surface area contributed by atoms with E-state index >= 15 is 0 Å². The Hall–Kier alpha value is -2.08. The Morgan fingerprint density at radius 2 is 1.88 bits per heavy atom. The number of anilines is 1. The highest BCUT2D eigenvalue weighted by molar-refractivity contribution is 6.45. The van der Waals surface area contributed by atoms with E-state index in [0.717, 1.165) is 11.1 Å². The molecule has 0 saturated carbocycles. The van der Waals surface area contributed by atoms with Gasteiger partial charge in [-0.15, -0.1) is 0 Å². The van der Waals surface area contributed by atoms with Crippen LogP contribution in [0.3, 0.4) is 0 Å². The summed E-state index contributed by atoms with van der Waals surface area (Å²) in [6.45, 7) is 1.86. The number of nitrogens with one attached hydrogen (secondary N) is 2. The van der Waals surface area contributed by atoms with E-state index in [2.05, 4.69) is 15.5 Å². The van der Waals surface area contributed by atoms with Gasteiger partial charge in [0.2, 0.25) is 0 Å². The highest BCUT2D eigenvalue weighted by atomic mass is 35.5. The van der Waals surface area contributed by atoms with Crippen LogP contribution in [0, 0.1) is 0 Å². The van der Waals surface area contributed by atoms with Gasteiger partial charge in [0, 0.05) is 0 Å². The van der Waals surface area contributed by atoms with E-state index in [9.17, 15) is 4.79 Å². The topological polar surface area (TPSA) is 81.6 Å². The van der Waals surface area contributed by atoms with Crippen LogP contribution in [0.1, 0.15) is 23.0 Å². The normalized spacial score (nSPS) is 11.8. The predicted octanol–water partition coefficient (Wildman–Crippen LogP) is 3.86. The first-order valence-corrected chi connectivity index (χ1v) is 7.95. The molecule has 4 N–H and O–H groups in total. The molecular formula is C16H14Cl3N4O+. The number of pyridine rings is 1. The number of carbonyl (C=O) groups excluding carboxylic acids is 1. The van der Waals surface area contributed by atoms with Gasteiger partial charge in [0.15, 0.2) is 0 Å². The lowest BCUT2D eigenvalue weighted by molar-refractivity contribution is -0.379. The van der Waals surface area contributed by atoms with Crippen LogP contribution >= 0.6 is 34.8 Å². The average molecular weight is 385 g/mol. The molecule has 0 radical (unpaired) electrons. The molecule has 1 aromatic carbocycles. The number of halogens is 3. The zero-order valence-corrected chi connectivity index (χ0v) is 14.9. The molecule has 0 saturated heterocycles. The number of H-pyrrole nitrogens is 1. The number of amides is 1. The Bertz CT molecular complexity index is 820. The molecule has 0 aliphatic carbocycles. The van der Waals surface area contributed by atoms with Crippen LogP contribution in [0.25, 0.3) is 6.08 Å². The first kappa shape index (κ1) is 18.3. The summed E-state index contributed by atoms with van der Waals surface area (Å²) < 4.78 is 0. The maximum absolute atomic E-state index is 12.1. The molecule has 1 amide bonds. The van der Waals surface area contributed by atoms with E-state index < -0.39 is 5.91 Å². The summed E-state index contributed by atoms with van der Waals surface area (Å²) in [5.74, 6) is -0.589. The van der Waals surface area contributed by atoms with Gasteiger partial charge in [-0.2, -0.15) is 10.1 Å². The van der Waals surface area contributed by atoms with Gasteiger partial charge in [0.05, 0.1) is 11.9 Å². The largest absolute Gasteiger partial charge is 0.396 e. The number of hydrazone groups is 1. The summed E-state index contributed by atoms with van der Waals surface area (Å²) in [5, 5.41) is 3.94. The van der Waals surface area contributed by atoms with Gasteiger partial charge in [0.25, 0.3) is 10.8 Å². The predicted molar refractivity (Wildman–Crippen MR) is 98.5 cm³/mol. The number of allylic oxidation sites excluding steroid dienone is 1. The molecule has 0 unspecified atom stereocenters. The molecule has 0 spiro atoms. The minimum Gasteiger partial charge on any atom is -0.396 e. The summed E-state index contributed by atoms with van der Waals surface area (Å²) in [6.07, 6.45) is 3.44. The Morgan fingerprint density at radius 1 is 1.21 bits per heavy atom. The molecule has 1 heterocycles. The zero-order chi connectivity index (χ0) is 17.7. The summed E-state index contributed by atoms with van der Waals surface area (Å²) in [4.78, 5) is 14.7. The number of hydrogen-bond acceptors (Lipinski definition) is 3. The number of aromatic amines is 1. The molecule has 0 aliphatic heterocycles. The number of nitrogens with zero attached hydrogens (tertiary/aromatic N) is 1. The van der Waals surface area contributed by atoms with Crippen LogP contribution in [0.5, 0.6) is 0 Å². The first-order chi connectivity index (χ1) is 11.4. The van der Waals surface area contributed by atoms with Gasteiger partial charge in [0.1, 0.15) is 10.0 Å². The lowest BCUT2D eigenvalue weighted by Crippen LogP contribution is -2.28. The van der Waals surface area contributed by atoms with E-state index in [-0.39, 0.29) is 26.6 Å². The molecule has 0 aliphatic rings. The summed E-state index contributed by atoms with van der Waals surface area (Å²) >= 11 is 17.7. The van der Waals surface area contributed by atoms with Crippen molar-refractivity contribution in [3.8, 4) is 0 Å². The monoisotopic (exact) mass is 383 g/mol. The number of rotatable bonds is 4. The third kappa shape index (κ3) is 4.47. The van der Waals surface area contributed by atoms with E-state index in [0.29, 0.717) is 0 Å². The fraction of sp³-hybridized carbons (Fsp3) is 0.0625. The van der Waals surface area contributed by atoms with E-state index in [1.54, 1.807) is 0 Å². The summed E-state index contributed by atoms with van der Waals surface area (Å²) in [6, 6.07) is 9.73. The van der Waals surface area contributed by atoms with E-state index in [1.807, 2.05) is 43.3 Å². The van der Waals surface area contributed by atoms with Crippen LogP contribution in [0.4, 0.5) is 5.69 Å². The standard InChI is InChI=1S/C16H13Cl3N4O/c1-9(7-10-5-3-2-4-6-10)8-21-23-16(24)14-11(17)13(20)12(18)15(19)22-14/h2-8H,1H3,(H2,20,22)(H,23,24)/p+1/b9-7+,21-8+. The van der Waals surface area contributed by atoms with Crippen molar-refractivity contribution in [2.45, 2.75) is 6.92 Å². The number of carbonyl (C=O) groups is 1. The van der Waals surface area contributed by atoms with Crippen LogP contribution in [0.15, 0.2) is 41.0 Å². The minimum atomic E-state index is -0.589. The fourth-order valence-corrected chi connectivity index (χ4v) is 2.44. The average Bonchev–Trinajstić information content (AvgIpc) is 2.57. The van der Waals surface area contributed by atoms with Crippen molar-refractivity contribution in [1.82, 2.24) is 5.43 Å². The van der Waals surface area contributed by atoms with Crippen molar-refractivity contribution in [2.75, 3.05) is 5.73 Å². The molecule has 24 heavy (non-hydrogen) atoms. The Kier molecular flexibility index (Phi) is 6.20. The molecule has 124 valence electrons. The molecule has 0 fully saturated rings. The molecule has 2 aromatic rings. The number of hydrogen-bond donors (Lipinski definition) is 2. The molecular weight excluding hydrogens is 371 g/mol. The number of nitrogens with two attached hydrogens (primary N) is 1. The number of aromatic nitrogens is 1. The molecule has 1 aromatic heterocycles. The second-order valence-corrected chi connectivity index (χ2v) is 5.99. The lowest BCUT2D eigenvalue weighted by atomic mass is 10.1. The second kappa shape index (κ2) is 8.15. The zero-order valence-electron chi connectivity index (χ0n) is 12.6. The van der Waals surface area contributed by atoms with Gasteiger partial charge in [-0.3, -0.25) is 4.79 Å². The van der Waals surface area contributed by atoms with E-state index in [4.69, 9.17) is 40.5 Å². The number of benzene rings is 1. The van der Waals surface area contributed by atoms with Crippen molar-refractivity contribution in [2.24, 2.45) is 5.10 Å². The van der Waals surface area contributed by atoms with Gasteiger partial charge in [-0.05, 0) is 29.7 Å². The van der Waals surface area contributed by atoms with Crippen molar-refractivity contribution >= 4 is 58.7 Å². The van der Waals surface area contributed by atoms with Gasteiger partial charge >= 0.3 is 5.91 Å². The van der Waals surface area contributed by atoms with Gasteiger partial charge in [-0.25, -0.2) is 5.43 Å². The molecule has 5 nitrogen and oxygen atoms in total. The third-order valence-corrected chi connectivity index (χ3v) is 4.14. The lowest BCUT2D eigenvalue weighted by Gasteiger charge is -2.02.